The Kier molecular flexibility index (Phi) is 4.70. The first kappa shape index (κ1) is 13.2. The second-order valence-corrected chi connectivity index (χ2v) is 5.79. The fraction of sp³-hybridized carbons (Fsp3) is 0.917. The summed E-state index contributed by atoms with van der Waals surface area (Å²) >= 11 is 1.87. The number of hydrogen-bond donors (Lipinski definition) is 1. The molecule has 98 valence electrons. The van der Waals surface area contributed by atoms with Gasteiger partial charge in [0.2, 0.25) is 0 Å². The molecule has 0 radical (unpaired) electrons. The Bertz CT molecular complexity index is 273. The van der Waals surface area contributed by atoms with E-state index < -0.39 is 0 Å². The fourth-order valence-corrected chi connectivity index (χ4v) is 3.40. The van der Waals surface area contributed by atoms with Crippen LogP contribution in [0.4, 0.5) is 0 Å². The Hall–Kier alpha value is -0.260. The molecule has 0 spiro atoms. The van der Waals surface area contributed by atoms with Crippen molar-refractivity contribution in [2.45, 2.75) is 26.7 Å². The Morgan fingerprint density at radius 3 is 2.59 bits per heavy atom. The number of nitrogens with one attached hydrogen (secondary N) is 1. The van der Waals surface area contributed by atoms with Gasteiger partial charge in [-0.3, -0.25) is 10.4 Å². The molecule has 4 nitrogen and oxygen atoms in total. The molecule has 0 amide bonds. The van der Waals surface area contributed by atoms with Crippen LogP contribution in [-0.4, -0.2) is 48.8 Å². The van der Waals surface area contributed by atoms with Crippen molar-refractivity contribution in [1.82, 2.24) is 10.4 Å². The van der Waals surface area contributed by atoms with Crippen molar-refractivity contribution in [3.63, 3.8) is 0 Å². The maximum absolute atomic E-state index is 5.33. The molecule has 0 aromatic heterocycles. The molecule has 0 saturated carbocycles. The minimum absolute atomic E-state index is 0.431. The van der Waals surface area contributed by atoms with Gasteiger partial charge < -0.3 is 4.74 Å². The van der Waals surface area contributed by atoms with Crippen molar-refractivity contribution in [2.75, 3.05) is 38.6 Å². The molecule has 0 unspecified atom stereocenters. The lowest BCUT2D eigenvalue weighted by molar-refractivity contribution is 0.0252. The lowest BCUT2D eigenvalue weighted by Crippen LogP contribution is -2.49. The Morgan fingerprint density at radius 2 is 2.06 bits per heavy atom. The fourth-order valence-electron chi connectivity index (χ4n) is 2.11. The lowest BCUT2D eigenvalue weighted by atomic mass is 9.84. The number of hydrazine groups is 1. The average Bonchev–Trinajstić information content (AvgIpc) is 2.41. The topological polar surface area (TPSA) is 36.9 Å². The third kappa shape index (κ3) is 3.36. The van der Waals surface area contributed by atoms with Gasteiger partial charge in [0.15, 0.2) is 5.17 Å². The maximum Gasteiger partial charge on any atom is 0.171 e. The summed E-state index contributed by atoms with van der Waals surface area (Å²) in [5.41, 5.74) is 3.84. The monoisotopic (exact) mass is 257 g/mol. The molecule has 2 heterocycles. The van der Waals surface area contributed by atoms with E-state index in [2.05, 4.69) is 24.3 Å². The predicted molar refractivity (Wildman–Crippen MR) is 73.3 cm³/mol. The Balaban J connectivity index is 1.85. The van der Waals surface area contributed by atoms with Gasteiger partial charge in [-0.2, -0.15) is 0 Å². The third-order valence-electron chi connectivity index (χ3n) is 3.84. The normalized spacial score (nSPS) is 25.4. The number of rotatable bonds is 3. The molecule has 1 fully saturated rings. The highest BCUT2D eigenvalue weighted by atomic mass is 32.2. The molecular formula is C12H23N3OS. The van der Waals surface area contributed by atoms with Gasteiger partial charge in [0.1, 0.15) is 0 Å². The van der Waals surface area contributed by atoms with Crippen LogP contribution in [0.2, 0.25) is 0 Å². The first-order valence-electron chi connectivity index (χ1n) is 6.54. The van der Waals surface area contributed by atoms with E-state index in [0.29, 0.717) is 5.41 Å². The largest absolute Gasteiger partial charge is 0.379 e. The molecule has 17 heavy (non-hydrogen) atoms. The van der Waals surface area contributed by atoms with Crippen molar-refractivity contribution in [3.05, 3.63) is 0 Å². The quantitative estimate of drug-likeness (QED) is 0.835. The van der Waals surface area contributed by atoms with Gasteiger partial charge in [0.05, 0.1) is 13.2 Å². The summed E-state index contributed by atoms with van der Waals surface area (Å²) in [6.45, 7) is 9.07. The van der Waals surface area contributed by atoms with Crippen LogP contribution in [0.1, 0.15) is 26.7 Å². The van der Waals surface area contributed by atoms with Gasteiger partial charge in [-0.15, -0.1) is 0 Å². The zero-order chi connectivity index (χ0) is 12.1. The van der Waals surface area contributed by atoms with Gasteiger partial charge in [-0.1, -0.05) is 25.6 Å². The van der Waals surface area contributed by atoms with Gasteiger partial charge >= 0.3 is 0 Å². The van der Waals surface area contributed by atoms with Crippen LogP contribution in [0, 0.1) is 5.41 Å². The predicted octanol–water partition coefficient (Wildman–Crippen LogP) is 1.73. The SMILES string of the molecule is CCC1(CC)CN=C(NN2CCOCC2)SC1. The van der Waals surface area contributed by atoms with E-state index in [-0.39, 0.29) is 0 Å². The molecule has 1 N–H and O–H groups in total. The van der Waals surface area contributed by atoms with Crippen molar-refractivity contribution in [1.29, 1.82) is 0 Å². The molecule has 2 rings (SSSR count). The molecule has 1 saturated heterocycles. The van der Waals surface area contributed by atoms with Crippen molar-refractivity contribution in [2.24, 2.45) is 10.4 Å². The number of nitrogens with zero attached hydrogens (tertiary/aromatic N) is 2. The first-order chi connectivity index (χ1) is 8.28. The average molecular weight is 257 g/mol. The van der Waals surface area contributed by atoms with Crippen LogP contribution in [0.25, 0.3) is 0 Å². The molecule has 2 aliphatic heterocycles. The van der Waals surface area contributed by atoms with E-state index in [1.807, 2.05) is 11.8 Å². The summed E-state index contributed by atoms with van der Waals surface area (Å²) in [5.74, 6) is 1.19. The second kappa shape index (κ2) is 6.07. The van der Waals surface area contributed by atoms with Gasteiger partial charge in [0, 0.05) is 25.4 Å². The van der Waals surface area contributed by atoms with Crippen LogP contribution < -0.4 is 5.43 Å². The molecule has 0 atom stereocenters. The summed E-state index contributed by atoms with van der Waals surface area (Å²) in [6.07, 6.45) is 2.45. The van der Waals surface area contributed by atoms with Crippen molar-refractivity contribution in [3.8, 4) is 0 Å². The van der Waals surface area contributed by atoms with E-state index in [1.54, 1.807) is 0 Å². The van der Waals surface area contributed by atoms with E-state index in [9.17, 15) is 0 Å². The highest BCUT2D eigenvalue weighted by Gasteiger charge is 2.30. The maximum atomic E-state index is 5.33. The summed E-state index contributed by atoms with van der Waals surface area (Å²) in [6, 6.07) is 0. The number of aliphatic imine (C=N–C) groups is 1. The lowest BCUT2D eigenvalue weighted by Gasteiger charge is -2.35. The van der Waals surface area contributed by atoms with Gasteiger partial charge in [-0.05, 0) is 18.3 Å². The smallest absolute Gasteiger partial charge is 0.171 e. The van der Waals surface area contributed by atoms with Gasteiger partial charge in [0.25, 0.3) is 0 Å². The first-order valence-corrected chi connectivity index (χ1v) is 7.53. The number of morpholine rings is 1. The van der Waals surface area contributed by atoms with Crippen LogP contribution in [-0.2, 0) is 4.74 Å². The second-order valence-electron chi connectivity index (χ2n) is 4.83. The van der Waals surface area contributed by atoms with Crippen LogP contribution in [0.3, 0.4) is 0 Å². The van der Waals surface area contributed by atoms with Crippen molar-refractivity contribution < 1.29 is 4.74 Å². The molecule has 0 bridgehead atoms. The Morgan fingerprint density at radius 1 is 1.35 bits per heavy atom. The molecule has 2 aliphatic rings. The van der Waals surface area contributed by atoms with E-state index in [0.717, 1.165) is 38.0 Å². The molecule has 0 aliphatic carbocycles. The van der Waals surface area contributed by atoms with Crippen LogP contribution >= 0.6 is 11.8 Å². The molecule has 0 aromatic rings. The minimum atomic E-state index is 0.431. The summed E-state index contributed by atoms with van der Waals surface area (Å²) in [7, 11) is 0. The van der Waals surface area contributed by atoms with Crippen LogP contribution in [0.15, 0.2) is 4.99 Å². The molecule has 5 heteroatoms. The zero-order valence-electron chi connectivity index (χ0n) is 10.9. The van der Waals surface area contributed by atoms with Crippen LogP contribution in [0.5, 0.6) is 0 Å². The molecular weight excluding hydrogens is 234 g/mol. The number of amidine groups is 1. The summed E-state index contributed by atoms with van der Waals surface area (Å²) in [4.78, 5) is 4.70. The zero-order valence-corrected chi connectivity index (χ0v) is 11.7. The standard InChI is InChI=1S/C12H23N3OS/c1-3-12(4-2)9-13-11(17-10-12)14-15-5-7-16-8-6-15/h3-10H2,1-2H3,(H,13,14). The van der Waals surface area contributed by atoms with Crippen molar-refractivity contribution >= 4 is 16.9 Å². The third-order valence-corrected chi connectivity index (χ3v) is 5.09. The molecule has 0 aromatic carbocycles. The minimum Gasteiger partial charge on any atom is -0.379 e. The van der Waals surface area contributed by atoms with Gasteiger partial charge in [-0.25, -0.2) is 5.01 Å². The number of ether oxygens (including phenoxy) is 1. The summed E-state index contributed by atoms with van der Waals surface area (Å²) in [5, 5.41) is 3.30. The Labute approximate surface area is 108 Å². The number of thioether (sulfide) groups is 1. The van der Waals surface area contributed by atoms with E-state index in [4.69, 9.17) is 9.73 Å². The highest BCUT2D eigenvalue weighted by Crippen LogP contribution is 2.34. The van der Waals surface area contributed by atoms with E-state index in [1.165, 1.54) is 18.6 Å². The highest BCUT2D eigenvalue weighted by molar-refractivity contribution is 8.13. The summed E-state index contributed by atoms with van der Waals surface area (Å²) < 4.78 is 5.33. The van der Waals surface area contributed by atoms with E-state index >= 15 is 0 Å². The number of hydrogen-bond acceptors (Lipinski definition) is 5.